The van der Waals surface area contributed by atoms with Crippen LogP contribution in [0.4, 0.5) is 0 Å². The van der Waals surface area contributed by atoms with Crippen molar-refractivity contribution < 1.29 is 4.74 Å². The van der Waals surface area contributed by atoms with E-state index < -0.39 is 0 Å². The number of ether oxygens (including phenoxy) is 1. The first-order chi connectivity index (χ1) is 6.43. The lowest BCUT2D eigenvalue weighted by atomic mass is 10.4. The Morgan fingerprint density at radius 2 is 2.08 bits per heavy atom. The Kier molecular flexibility index (Phi) is 5.64. The molecule has 1 aliphatic heterocycles. The Morgan fingerprint density at radius 1 is 1.31 bits per heavy atom. The Labute approximate surface area is 78.4 Å². The molecule has 1 rings (SSSR count). The predicted molar refractivity (Wildman–Crippen MR) is 50.8 cm³/mol. The number of nitrogens with one attached hydrogen (secondary N) is 1. The number of rotatable bonds is 6. The molecule has 1 fully saturated rings. The van der Waals surface area contributed by atoms with Gasteiger partial charge in [-0.05, 0) is 0 Å². The molecular formula is C8H17N3O2. The first-order valence-electron chi connectivity index (χ1n) is 4.73. The van der Waals surface area contributed by atoms with E-state index in [0.717, 1.165) is 39.4 Å². The molecular weight excluding hydrogens is 170 g/mol. The monoisotopic (exact) mass is 187 g/mol. The molecule has 0 atom stereocenters. The molecule has 0 bridgehead atoms. The van der Waals surface area contributed by atoms with Gasteiger partial charge in [0.2, 0.25) is 0 Å². The zero-order valence-corrected chi connectivity index (χ0v) is 7.87. The summed E-state index contributed by atoms with van der Waals surface area (Å²) in [7, 11) is 0. The first kappa shape index (κ1) is 10.6. The summed E-state index contributed by atoms with van der Waals surface area (Å²) in [4.78, 5) is 12.1. The Balaban J connectivity index is 1.89. The summed E-state index contributed by atoms with van der Waals surface area (Å²) in [6.07, 6.45) is 0. The van der Waals surface area contributed by atoms with Crippen LogP contribution in [0.15, 0.2) is 5.18 Å². The second-order valence-electron chi connectivity index (χ2n) is 3.06. The number of nitroso groups, excluding NO2 is 1. The van der Waals surface area contributed by atoms with Crippen LogP contribution in [0, 0.1) is 4.91 Å². The molecule has 0 aromatic rings. The molecule has 0 spiro atoms. The Bertz CT molecular complexity index is 137. The fourth-order valence-electron chi connectivity index (χ4n) is 1.31. The van der Waals surface area contributed by atoms with Gasteiger partial charge in [-0.2, -0.15) is 4.91 Å². The topological polar surface area (TPSA) is 53.9 Å². The van der Waals surface area contributed by atoms with E-state index in [2.05, 4.69) is 15.4 Å². The van der Waals surface area contributed by atoms with Crippen LogP contribution in [-0.2, 0) is 4.74 Å². The van der Waals surface area contributed by atoms with Crippen LogP contribution < -0.4 is 5.32 Å². The maximum absolute atomic E-state index is 9.75. The fraction of sp³-hybridized carbons (Fsp3) is 1.00. The number of morpholine rings is 1. The second kappa shape index (κ2) is 6.94. The standard InChI is InChI=1S/C8H17N3O2/c12-10-2-1-9-3-4-11-5-7-13-8-6-11/h9H,1-8H2. The highest BCUT2D eigenvalue weighted by Gasteiger charge is 2.08. The van der Waals surface area contributed by atoms with Crippen LogP contribution in [0.3, 0.4) is 0 Å². The normalized spacial score (nSPS) is 18.8. The molecule has 1 heterocycles. The number of hydrogen-bond acceptors (Lipinski definition) is 5. The van der Waals surface area contributed by atoms with Crippen LogP contribution >= 0.6 is 0 Å². The molecule has 1 saturated heterocycles. The van der Waals surface area contributed by atoms with Gasteiger partial charge in [-0.3, -0.25) is 4.90 Å². The molecule has 1 aliphatic rings. The molecule has 0 aliphatic carbocycles. The lowest BCUT2D eigenvalue weighted by Crippen LogP contribution is -2.40. The summed E-state index contributed by atoms with van der Waals surface area (Å²) in [5.41, 5.74) is 0. The van der Waals surface area contributed by atoms with Crippen molar-refractivity contribution in [1.82, 2.24) is 10.2 Å². The minimum atomic E-state index is 0.364. The largest absolute Gasteiger partial charge is 0.379 e. The van der Waals surface area contributed by atoms with E-state index in [4.69, 9.17) is 4.74 Å². The van der Waals surface area contributed by atoms with E-state index in [0.29, 0.717) is 13.1 Å². The van der Waals surface area contributed by atoms with E-state index in [9.17, 15) is 4.91 Å². The minimum absolute atomic E-state index is 0.364. The van der Waals surface area contributed by atoms with Crippen LogP contribution in [0.2, 0.25) is 0 Å². The molecule has 0 aromatic heterocycles. The number of nitrogens with zero attached hydrogens (tertiary/aromatic N) is 2. The molecule has 0 saturated carbocycles. The van der Waals surface area contributed by atoms with Crippen LogP contribution in [0.25, 0.3) is 0 Å². The maximum atomic E-state index is 9.75. The van der Waals surface area contributed by atoms with E-state index in [1.165, 1.54) is 0 Å². The van der Waals surface area contributed by atoms with E-state index >= 15 is 0 Å². The Hall–Kier alpha value is -0.520. The summed E-state index contributed by atoms with van der Waals surface area (Å²) in [5, 5.41) is 5.93. The van der Waals surface area contributed by atoms with E-state index in [1.807, 2.05) is 0 Å². The van der Waals surface area contributed by atoms with Gasteiger partial charge in [-0.1, -0.05) is 5.18 Å². The third kappa shape index (κ3) is 4.92. The molecule has 5 nitrogen and oxygen atoms in total. The molecule has 0 amide bonds. The van der Waals surface area contributed by atoms with Gasteiger partial charge in [0.25, 0.3) is 0 Å². The van der Waals surface area contributed by atoms with Crippen LogP contribution in [-0.4, -0.2) is 57.4 Å². The highest BCUT2D eigenvalue weighted by molar-refractivity contribution is 4.63. The quantitative estimate of drug-likeness (QED) is 0.457. The summed E-state index contributed by atoms with van der Waals surface area (Å²) in [6, 6.07) is 0. The summed E-state index contributed by atoms with van der Waals surface area (Å²) in [6.45, 7) is 6.74. The summed E-state index contributed by atoms with van der Waals surface area (Å²) >= 11 is 0. The second-order valence-corrected chi connectivity index (χ2v) is 3.06. The van der Waals surface area contributed by atoms with Gasteiger partial charge < -0.3 is 10.1 Å². The van der Waals surface area contributed by atoms with Crippen molar-refractivity contribution in [3.63, 3.8) is 0 Å². The highest BCUT2D eigenvalue weighted by Crippen LogP contribution is 1.94. The van der Waals surface area contributed by atoms with Gasteiger partial charge in [0.1, 0.15) is 0 Å². The third-order valence-corrected chi connectivity index (χ3v) is 2.09. The number of hydrogen-bond donors (Lipinski definition) is 1. The van der Waals surface area contributed by atoms with Crippen molar-refractivity contribution in [3.8, 4) is 0 Å². The van der Waals surface area contributed by atoms with Gasteiger partial charge in [0.15, 0.2) is 0 Å². The fourth-order valence-corrected chi connectivity index (χ4v) is 1.31. The third-order valence-electron chi connectivity index (χ3n) is 2.09. The van der Waals surface area contributed by atoms with Gasteiger partial charge in [-0.25, -0.2) is 0 Å². The molecule has 0 aromatic carbocycles. The average molecular weight is 187 g/mol. The molecule has 0 unspecified atom stereocenters. The molecule has 1 N–H and O–H groups in total. The van der Waals surface area contributed by atoms with Gasteiger partial charge in [0, 0.05) is 32.7 Å². The molecule has 5 heteroatoms. The summed E-state index contributed by atoms with van der Waals surface area (Å²) < 4.78 is 5.23. The predicted octanol–water partition coefficient (Wildman–Crippen LogP) is -0.325. The zero-order valence-electron chi connectivity index (χ0n) is 7.87. The average Bonchev–Trinajstić information content (AvgIpc) is 2.19. The van der Waals surface area contributed by atoms with E-state index in [1.54, 1.807) is 0 Å². The van der Waals surface area contributed by atoms with Crippen molar-refractivity contribution in [1.29, 1.82) is 0 Å². The van der Waals surface area contributed by atoms with Crippen molar-refractivity contribution in [3.05, 3.63) is 4.91 Å². The van der Waals surface area contributed by atoms with Gasteiger partial charge >= 0.3 is 0 Å². The lowest BCUT2D eigenvalue weighted by molar-refractivity contribution is 0.0385. The smallest absolute Gasteiger partial charge is 0.0935 e. The van der Waals surface area contributed by atoms with Crippen molar-refractivity contribution in [2.75, 3.05) is 52.5 Å². The van der Waals surface area contributed by atoms with Crippen molar-refractivity contribution in [2.45, 2.75) is 0 Å². The molecule has 0 radical (unpaired) electrons. The van der Waals surface area contributed by atoms with Crippen LogP contribution in [0.1, 0.15) is 0 Å². The van der Waals surface area contributed by atoms with Crippen LogP contribution in [0.5, 0.6) is 0 Å². The van der Waals surface area contributed by atoms with E-state index in [-0.39, 0.29) is 0 Å². The van der Waals surface area contributed by atoms with Crippen molar-refractivity contribution >= 4 is 0 Å². The van der Waals surface area contributed by atoms with Gasteiger partial charge in [-0.15, -0.1) is 0 Å². The zero-order chi connectivity index (χ0) is 9.36. The SMILES string of the molecule is O=NCCNCCN1CCOCC1. The lowest BCUT2D eigenvalue weighted by Gasteiger charge is -2.26. The Morgan fingerprint density at radius 3 is 2.77 bits per heavy atom. The first-order valence-corrected chi connectivity index (χ1v) is 4.73. The summed E-state index contributed by atoms with van der Waals surface area (Å²) in [5.74, 6) is 0. The maximum Gasteiger partial charge on any atom is 0.0935 e. The van der Waals surface area contributed by atoms with Gasteiger partial charge in [0.05, 0.1) is 19.8 Å². The molecule has 13 heavy (non-hydrogen) atoms. The highest BCUT2D eigenvalue weighted by atomic mass is 16.5. The molecule has 76 valence electrons. The minimum Gasteiger partial charge on any atom is -0.379 e. The van der Waals surface area contributed by atoms with Crippen molar-refractivity contribution in [2.24, 2.45) is 5.18 Å².